The molecule has 0 saturated carbocycles. The Morgan fingerprint density at radius 2 is 1.18 bits per heavy atom. The van der Waals surface area contributed by atoms with Crippen molar-refractivity contribution in [3.05, 3.63) is 108 Å². The number of nitrogens with one attached hydrogen (secondary N) is 1. The molecule has 0 saturated heterocycles. The number of carbonyl (C=O) groups excluding carboxylic acids is 1. The molecule has 4 nitrogen and oxygen atoms in total. The van der Waals surface area contributed by atoms with Crippen LogP contribution in [-0.2, 0) is 15.1 Å². The Kier molecular flexibility index (Phi) is 6.24. The molecule has 0 bridgehead atoms. The number of esters is 1. The summed E-state index contributed by atoms with van der Waals surface area (Å²) in [7, 11) is 1.33. The second kappa shape index (κ2) is 8.83. The molecule has 0 spiro atoms. The second-order valence-electron chi connectivity index (χ2n) is 6.73. The van der Waals surface area contributed by atoms with Gasteiger partial charge in [0, 0.05) is 0 Å². The lowest BCUT2D eigenvalue weighted by Gasteiger charge is -2.40. The summed E-state index contributed by atoms with van der Waals surface area (Å²) in [5, 5.41) is 13.8. The average Bonchev–Trinajstić information content (AvgIpc) is 2.76. The van der Waals surface area contributed by atoms with Crippen LogP contribution < -0.4 is 5.32 Å². The lowest BCUT2D eigenvalue weighted by atomic mass is 9.76. The summed E-state index contributed by atoms with van der Waals surface area (Å²) >= 11 is 0. The average molecular weight is 375 g/mol. The van der Waals surface area contributed by atoms with Crippen molar-refractivity contribution in [1.82, 2.24) is 5.32 Å². The molecule has 0 unspecified atom stereocenters. The van der Waals surface area contributed by atoms with E-state index in [0.717, 1.165) is 16.7 Å². The number of ether oxygens (including phenoxy) is 1. The van der Waals surface area contributed by atoms with Gasteiger partial charge in [0.2, 0.25) is 0 Å². The summed E-state index contributed by atoms with van der Waals surface area (Å²) in [6.45, 7) is 1.58. The third-order valence-corrected chi connectivity index (χ3v) is 4.93. The first-order valence-electron chi connectivity index (χ1n) is 9.29. The van der Waals surface area contributed by atoms with Crippen molar-refractivity contribution in [3.63, 3.8) is 0 Å². The monoisotopic (exact) mass is 375 g/mol. The first-order valence-corrected chi connectivity index (χ1v) is 9.29. The molecule has 0 fully saturated rings. The molecule has 3 aromatic rings. The Balaban J connectivity index is 2.29. The van der Waals surface area contributed by atoms with Gasteiger partial charge in [-0.15, -0.1) is 0 Å². The zero-order chi connectivity index (χ0) is 20.0. The molecule has 0 aliphatic rings. The largest absolute Gasteiger partial charge is 0.468 e. The van der Waals surface area contributed by atoms with E-state index < -0.39 is 23.7 Å². The van der Waals surface area contributed by atoms with E-state index >= 15 is 0 Å². The first-order chi connectivity index (χ1) is 13.6. The van der Waals surface area contributed by atoms with Crippen LogP contribution in [0.15, 0.2) is 91.0 Å². The van der Waals surface area contributed by atoms with Gasteiger partial charge >= 0.3 is 5.97 Å². The van der Waals surface area contributed by atoms with E-state index in [-0.39, 0.29) is 0 Å². The number of aliphatic hydroxyl groups excluding tert-OH is 1. The van der Waals surface area contributed by atoms with E-state index in [1.165, 1.54) is 7.11 Å². The molecule has 2 atom stereocenters. The SMILES string of the molecule is COC(=O)[C@H](NC(c1ccccc1)(c1ccccc1)c1ccccc1)[C@H](C)O. The number of benzene rings is 3. The number of rotatable bonds is 7. The fourth-order valence-corrected chi connectivity index (χ4v) is 3.55. The molecular formula is C24H25NO3. The zero-order valence-corrected chi connectivity index (χ0v) is 16.1. The number of hydrogen-bond acceptors (Lipinski definition) is 4. The van der Waals surface area contributed by atoms with E-state index in [0.29, 0.717) is 0 Å². The highest BCUT2D eigenvalue weighted by Gasteiger charge is 2.41. The number of methoxy groups -OCH3 is 1. The van der Waals surface area contributed by atoms with Gasteiger partial charge in [0.15, 0.2) is 0 Å². The minimum absolute atomic E-state index is 0.512. The van der Waals surface area contributed by atoms with Crippen LogP contribution >= 0.6 is 0 Å². The van der Waals surface area contributed by atoms with Crippen molar-refractivity contribution in [2.24, 2.45) is 0 Å². The van der Waals surface area contributed by atoms with E-state index in [4.69, 9.17) is 4.74 Å². The van der Waals surface area contributed by atoms with Crippen LogP contribution in [0.2, 0.25) is 0 Å². The third kappa shape index (κ3) is 3.84. The summed E-state index contributed by atoms with van der Waals surface area (Å²) < 4.78 is 4.97. The summed E-state index contributed by atoms with van der Waals surface area (Å²) in [6.07, 6.45) is -0.942. The lowest BCUT2D eigenvalue weighted by Crippen LogP contribution is -2.56. The van der Waals surface area contributed by atoms with Gasteiger partial charge < -0.3 is 9.84 Å². The van der Waals surface area contributed by atoms with Gasteiger partial charge in [-0.05, 0) is 23.6 Å². The molecule has 2 N–H and O–H groups in total. The molecular weight excluding hydrogens is 350 g/mol. The van der Waals surface area contributed by atoms with E-state index in [9.17, 15) is 9.90 Å². The Labute approximate surface area is 165 Å². The maximum absolute atomic E-state index is 12.5. The van der Waals surface area contributed by atoms with Gasteiger partial charge in [-0.2, -0.15) is 0 Å². The standard InChI is InChI=1S/C24H25NO3/c1-18(26)22(23(27)28-2)25-24(19-12-6-3-7-13-19,20-14-8-4-9-15-20)21-16-10-5-11-17-21/h3-18,22,25-26H,1-2H3/t18-,22+/m0/s1. The molecule has 3 aromatic carbocycles. The van der Waals surface area contributed by atoms with Gasteiger partial charge in [-0.1, -0.05) is 91.0 Å². The fourth-order valence-electron chi connectivity index (χ4n) is 3.55. The van der Waals surface area contributed by atoms with Crippen molar-refractivity contribution in [2.75, 3.05) is 7.11 Å². The molecule has 0 radical (unpaired) electrons. The number of carbonyl (C=O) groups is 1. The molecule has 0 heterocycles. The van der Waals surface area contributed by atoms with Crippen LogP contribution in [0.1, 0.15) is 23.6 Å². The fraction of sp³-hybridized carbons (Fsp3) is 0.208. The summed E-state index contributed by atoms with van der Waals surface area (Å²) in [5.74, 6) is -0.512. The van der Waals surface area contributed by atoms with Crippen molar-refractivity contribution in [3.8, 4) is 0 Å². The summed E-state index contributed by atoms with van der Waals surface area (Å²) in [4.78, 5) is 12.5. The quantitative estimate of drug-likeness (QED) is 0.490. The first kappa shape index (κ1) is 19.8. The predicted molar refractivity (Wildman–Crippen MR) is 110 cm³/mol. The third-order valence-electron chi connectivity index (χ3n) is 4.93. The van der Waals surface area contributed by atoms with E-state index in [1.54, 1.807) is 6.92 Å². The molecule has 0 amide bonds. The van der Waals surface area contributed by atoms with Crippen LogP contribution in [0.5, 0.6) is 0 Å². The zero-order valence-electron chi connectivity index (χ0n) is 16.1. The lowest BCUT2D eigenvalue weighted by molar-refractivity contribution is -0.146. The van der Waals surface area contributed by atoms with E-state index in [1.807, 2.05) is 91.0 Å². The maximum atomic E-state index is 12.5. The highest BCUT2D eigenvalue weighted by Crippen LogP contribution is 2.37. The minimum Gasteiger partial charge on any atom is -0.468 e. The molecule has 28 heavy (non-hydrogen) atoms. The molecule has 4 heteroatoms. The van der Waals surface area contributed by atoms with Gasteiger partial charge in [-0.25, -0.2) is 0 Å². The van der Waals surface area contributed by atoms with Crippen LogP contribution in [-0.4, -0.2) is 30.3 Å². The van der Waals surface area contributed by atoms with Crippen LogP contribution in [0, 0.1) is 0 Å². The van der Waals surface area contributed by atoms with Crippen molar-refractivity contribution >= 4 is 5.97 Å². The van der Waals surface area contributed by atoms with Gasteiger partial charge in [0.1, 0.15) is 6.04 Å². The summed E-state index contributed by atoms with van der Waals surface area (Å²) in [6, 6.07) is 28.8. The molecule has 144 valence electrons. The number of hydrogen-bond donors (Lipinski definition) is 2. The minimum atomic E-state index is -0.942. The van der Waals surface area contributed by atoms with Crippen LogP contribution in [0.4, 0.5) is 0 Å². The van der Waals surface area contributed by atoms with E-state index in [2.05, 4.69) is 5.32 Å². The smallest absolute Gasteiger partial charge is 0.325 e. The Morgan fingerprint density at radius 3 is 1.46 bits per heavy atom. The highest BCUT2D eigenvalue weighted by atomic mass is 16.5. The van der Waals surface area contributed by atoms with Crippen molar-refractivity contribution in [2.45, 2.75) is 24.6 Å². The predicted octanol–water partition coefficient (Wildman–Crippen LogP) is 3.49. The number of aliphatic hydroxyl groups is 1. The Hall–Kier alpha value is -2.95. The van der Waals surface area contributed by atoms with Crippen molar-refractivity contribution in [1.29, 1.82) is 0 Å². The molecule has 0 aromatic heterocycles. The maximum Gasteiger partial charge on any atom is 0.325 e. The molecule has 0 aliphatic carbocycles. The Morgan fingerprint density at radius 1 is 0.821 bits per heavy atom. The van der Waals surface area contributed by atoms with Gasteiger partial charge in [-0.3, -0.25) is 10.1 Å². The summed E-state index contributed by atoms with van der Waals surface area (Å²) in [5.41, 5.74) is 2.03. The van der Waals surface area contributed by atoms with Crippen molar-refractivity contribution < 1.29 is 14.6 Å². The Bertz CT molecular complexity index is 783. The van der Waals surface area contributed by atoms with Crippen LogP contribution in [0.25, 0.3) is 0 Å². The highest BCUT2D eigenvalue weighted by molar-refractivity contribution is 5.77. The van der Waals surface area contributed by atoms with Crippen LogP contribution in [0.3, 0.4) is 0 Å². The normalized spacial score (nSPS) is 13.5. The molecule has 3 rings (SSSR count). The van der Waals surface area contributed by atoms with Gasteiger partial charge in [0.25, 0.3) is 0 Å². The second-order valence-corrected chi connectivity index (χ2v) is 6.73. The molecule has 0 aliphatic heterocycles. The van der Waals surface area contributed by atoms with Gasteiger partial charge in [0.05, 0.1) is 18.8 Å². The topological polar surface area (TPSA) is 58.6 Å².